The summed E-state index contributed by atoms with van der Waals surface area (Å²) in [6.07, 6.45) is 7.59. The van der Waals surface area contributed by atoms with Gasteiger partial charge < -0.3 is 10.5 Å². The maximum Gasteiger partial charge on any atom is 0.121 e. The highest BCUT2D eigenvalue weighted by atomic mass is 32.1. The Balaban J connectivity index is 1.50. The number of ether oxygens (including phenoxy) is 1. The maximum atomic E-state index is 5.74. The molecule has 1 aliphatic carbocycles. The lowest BCUT2D eigenvalue weighted by atomic mass is 9.90. The van der Waals surface area contributed by atoms with E-state index >= 15 is 0 Å². The summed E-state index contributed by atoms with van der Waals surface area (Å²) < 4.78 is 5.73. The molecule has 1 aliphatic rings. The largest absolute Gasteiger partial charge is 0.493 e. The highest BCUT2D eigenvalue weighted by molar-refractivity contribution is 7.09. The fraction of sp³-hybridized carbons (Fsp3) is 0.471. The molecule has 0 spiro atoms. The van der Waals surface area contributed by atoms with Crippen molar-refractivity contribution in [1.82, 2.24) is 4.98 Å². The number of nitrogens with zero attached hydrogens (tertiary/aromatic N) is 1. The van der Waals surface area contributed by atoms with Crippen LogP contribution in [0.25, 0.3) is 0 Å². The van der Waals surface area contributed by atoms with E-state index in [1.807, 2.05) is 35.6 Å². The Bertz CT molecular complexity index is 576. The van der Waals surface area contributed by atoms with Gasteiger partial charge in [0.15, 0.2) is 0 Å². The van der Waals surface area contributed by atoms with E-state index in [1.54, 1.807) is 0 Å². The summed E-state index contributed by atoms with van der Waals surface area (Å²) >= 11 is 1.82. The van der Waals surface area contributed by atoms with E-state index in [-0.39, 0.29) is 0 Å². The van der Waals surface area contributed by atoms with Gasteiger partial charge in [-0.05, 0) is 25.0 Å². The van der Waals surface area contributed by atoms with Crippen LogP contribution in [-0.2, 0) is 6.42 Å². The molecule has 0 amide bonds. The van der Waals surface area contributed by atoms with Crippen molar-refractivity contribution in [2.45, 2.75) is 44.4 Å². The van der Waals surface area contributed by atoms with Crippen molar-refractivity contribution >= 4 is 17.0 Å². The predicted molar refractivity (Wildman–Crippen MR) is 88.0 cm³/mol. The molecule has 2 N–H and O–H groups in total. The molecule has 0 atom stereocenters. The van der Waals surface area contributed by atoms with Gasteiger partial charge in [0.1, 0.15) is 5.75 Å². The Morgan fingerprint density at radius 1 is 1.24 bits per heavy atom. The number of hydrogen-bond acceptors (Lipinski definition) is 4. The first kappa shape index (κ1) is 14.4. The summed E-state index contributed by atoms with van der Waals surface area (Å²) in [7, 11) is 0. The summed E-state index contributed by atoms with van der Waals surface area (Å²) in [5.41, 5.74) is 7.63. The topological polar surface area (TPSA) is 48.1 Å². The van der Waals surface area contributed by atoms with Crippen molar-refractivity contribution in [3.63, 3.8) is 0 Å². The van der Waals surface area contributed by atoms with E-state index in [4.69, 9.17) is 15.5 Å². The Hall–Kier alpha value is -1.55. The maximum absolute atomic E-state index is 5.74. The number of anilines is 1. The molecular formula is C17H22N2OS. The summed E-state index contributed by atoms with van der Waals surface area (Å²) in [5.74, 6) is 1.53. The molecule has 0 saturated heterocycles. The first-order chi connectivity index (χ1) is 10.3. The first-order valence-corrected chi connectivity index (χ1v) is 8.62. The number of benzene rings is 1. The van der Waals surface area contributed by atoms with Crippen molar-refractivity contribution in [1.29, 1.82) is 0 Å². The zero-order valence-corrected chi connectivity index (χ0v) is 13.1. The minimum absolute atomic E-state index is 0.650. The standard InChI is InChI=1S/C17H22N2OS/c18-14-7-4-8-16(11-14)20-10-9-15-12-21-17(19-15)13-5-2-1-3-6-13/h4,7-8,11-13H,1-3,5-6,9-10,18H2. The number of nitrogen functional groups attached to an aromatic ring is 1. The fourth-order valence-electron chi connectivity index (χ4n) is 2.85. The smallest absolute Gasteiger partial charge is 0.121 e. The predicted octanol–water partition coefficient (Wildman–Crippen LogP) is 4.39. The average Bonchev–Trinajstić information content (AvgIpc) is 2.97. The van der Waals surface area contributed by atoms with Gasteiger partial charge in [-0.15, -0.1) is 11.3 Å². The Labute approximate surface area is 130 Å². The molecule has 1 saturated carbocycles. The first-order valence-electron chi connectivity index (χ1n) is 7.74. The second-order valence-corrected chi connectivity index (χ2v) is 6.57. The van der Waals surface area contributed by atoms with E-state index in [2.05, 4.69) is 5.38 Å². The summed E-state index contributed by atoms with van der Waals surface area (Å²) in [5, 5.41) is 3.51. The van der Waals surface area contributed by atoms with Gasteiger partial charge in [-0.1, -0.05) is 25.3 Å². The van der Waals surface area contributed by atoms with Crippen LogP contribution in [0.1, 0.15) is 48.7 Å². The lowest BCUT2D eigenvalue weighted by Crippen LogP contribution is -2.05. The lowest BCUT2D eigenvalue weighted by molar-refractivity contribution is 0.320. The zero-order chi connectivity index (χ0) is 14.5. The number of nitrogens with two attached hydrogens (primary N) is 1. The molecular weight excluding hydrogens is 280 g/mol. The van der Waals surface area contributed by atoms with Gasteiger partial charge in [0.25, 0.3) is 0 Å². The summed E-state index contributed by atoms with van der Waals surface area (Å²) in [6.45, 7) is 0.650. The zero-order valence-electron chi connectivity index (χ0n) is 12.3. The molecule has 3 nitrogen and oxygen atoms in total. The molecule has 1 fully saturated rings. The van der Waals surface area contributed by atoms with E-state index in [0.29, 0.717) is 12.5 Å². The Morgan fingerprint density at radius 3 is 2.90 bits per heavy atom. The van der Waals surface area contributed by atoms with Crippen LogP contribution in [0.3, 0.4) is 0 Å². The van der Waals surface area contributed by atoms with Gasteiger partial charge in [-0.2, -0.15) is 0 Å². The molecule has 1 heterocycles. The van der Waals surface area contributed by atoms with Crippen LogP contribution >= 0.6 is 11.3 Å². The number of hydrogen-bond donors (Lipinski definition) is 1. The molecule has 21 heavy (non-hydrogen) atoms. The summed E-state index contributed by atoms with van der Waals surface area (Å²) in [6, 6.07) is 7.57. The lowest BCUT2D eigenvalue weighted by Gasteiger charge is -2.18. The molecule has 0 radical (unpaired) electrons. The van der Waals surface area contributed by atoms with Gasteiger partial charge in [-0.3, -0.25) is 0 Å². The van der Waals surface area contributed by atoms with E-state index in [1.165, 1.54) is 37.1 Å². The van der Waals surface area contributed by atoms with Crippen molar-refractivity contribution < 1.29 is 4.74 Å². The second-order valence-electron chi connectivity index (χ2n) is 5.68. The number of rotatable bonds is 5. The highest BCUT2D eigenvalue weighted by Crippen LogP contribution is 2.34. The molecule has 1 aromatic carbocycles. The minimum Gasteiger partial charge on any atom is -0.493 e. The minimum atomic E-state index is 0.650. The van der Waals surface area contributed by atoms with Crippen molar-refractivity contribution in [2.24, 2.45) is 0 Å². The van der Waals surface area contributed by atoms with Crippen LogP contribution < -0.4 is 10.5 Å². The van der Waals surface area contributed by atoms with E-state index in [9.17, 15) is 0 Å². The third kappa shape index (κ3) is 3.97. The van der Waals surface area contributed by atoms with Crippen molar-refractivity contribution in [3.8, 4) is 5.75 Å². The molecule has 2 aromatic rings. The Morgan fingerprint density at radius 2 is 2.10 bits per heavy atom. The number of aromatic nitrogens is 1. The monoisotopic (exact) mass is 302 g/mol. The van der Waals surface area contributed by atoms with Crippen molar-refractivity contribution in [3.05, 3.63) is 40.3 Å². The summed E-state index contributed by atoms with van der Waals surface area (Å²) in [4.78, 5) is 4.80. The second kappa shape index (κ2) is 6.94. The molecule has 3 rings (SSSR count). The van der Waals surface area contributed by atoms with Crippen molar-refractivity contribution in [2.75, 3.05) is 12.3 Å². The van der Waals surface area contributed by atoms with Crippen LogP contribution in [0.2, 0.25) is 0 Å². The molecule has 112 valence electrons. The van der Waals surface area contributed by atoms with Gasteiger partial charge in [-0.25, -0.2) is 4.98 Å². The molecule has 0 bridgehead atoms. The molecule has 4 heteroatoms. The molecule has 0 aliphatic heterocycles. The van der Waals surface area contributed by atoms with Crippen LogP contribution in [-0.4, -0.2) is 11.6 Å². The number of thiazole rings is 1. The van der Waals surface area contributed by atoms with Crippen LogP contribution in [0.4, 0.5) is 5.69 Å². The highest BCUT2D eigenvalue weighted by Gasteiger charge is 2.18. The van der Waals surface area contributed by atoms with Crippen LogP contribution in [0.15, 0.2) is 29.6 Å². The quantitative estimate of drug-likeness (QED) is 0.833. The average molecular weight is 302 g/mol. The third-order valence-corrected chi connectivity index (χ3v) is 5.06. The fourth-order valence-corrected chi connectivity index (χ4v) is 3.88. The molecule has 1 aromatic heterocycles. The van der Waals surface area contributed by atoms with Crippen LogP contribution in [0, 0.1) is 0 Å². The molecule has 0 unspecified atom stereocenters. The SMILES string of the molecule is Nc1cccc(OCCc2csc(C3CCCCC3)n2)c1. The van der Waals surface area contributed by atoms with Gasteiger partial charge >= 0.3 is 0 Å². The van der Waals surface area contributed by atoms with Gasteiger partial charge in [0, 0.05) is 29.5 Å². The van der Waals surface area contributed by atoms with Crippen LogP contribution in [0.5, 0.6) is 5.75 Å². The Kier molecular flexibility index (Phi) is 4.76. The normalized spacial score (nSPS) is 16.0. The van der Waals surface area contributed by atoms with E-state index < -0.39 is 0 Å². The van der Waals surface area contributed by atoms with Gasteiger partial charge in [0.05, 0.1) is 17.3 Å². The van der Waals surface area contributed by atoms with Gasteiger partial charge in [0.2, 0.25) is 0 Å². The third-order valence-electron chi connectivity index (χ3n) is 4.01. The van der Waals surface area contributed by atoms with E-state index in [0.717, 1.165) is 23.6 Å².